The number of methoxy groups -OCH3 is 1. The minimum atomic E-state index is -0.253. The maximum Gasteiger partial charge on any atom is 0.185 e. The molecule has 0 bridgehead atoms. The summed E-state index contributed by atoms with van der Waals surface area (Å²) >= 11 is 0. The largest absolute Gasteiger partial charge is 0.497 e. The summed E-state index contributed by atoms with van der Waals surface area (Å²) in [5, 5.41) is 8.22. The van der Waals surface area contributed by atoms with E-state index in [0.717, 1.165) is 16.9 Å². The van der Waals surface area contributed by atoms with Gasteiger partial charge in [-0.2, -0.15) is 5.11 Å². The maximum atomic E-state index is 5.87. The van der Waals surface area contributed by atoms with Crippen LogP contribution in [-0.2, 0) is 0 Å². The van der Waals surface area contributed by atoms with E-state index in [-0.39, 0.29) is 6.04 Å². The summed E-state index contributed by atoms with van der Waals surface area (Å²) in [5.41, 5.74) is 7.58. The highest BCUT2D eigenvalue weighted by Crippen LogP contribution is 2.41. The van der Waals surface area contributed by atoms with Gasteiger partial charge < -0.3 is 10.5 Å². The first-order valence-corrected chi connectivity index (χ1v) is 5.45. The van der Waals surface area contributed by atoms with E-state index in [1.54, 1.807) is 7.11 Å². The van der Waals surface area contributed by atoms with Gasteiger partial charge in [0.05, 0.1) is 12.7 Å². The van der Waals surface area contributed by atoms with Crippen LogP contribution in [0.4, 0.5) is 11.6 Å². The normalized spacial score (nSPS) is 16.6. The molecule has 2 N–H and O–H groups in total. The number of rotatable bonds is 2. The smallest absolute Gasteiger partial charge is 0.185 e. The zero-order valence-electron chi connectivity index (χ0n) is 9.74. The zero-order chi connectivity index (χ0) is 12.5. The molecule has 0 aliphatic carbocycles. The molecule has 2 heterocycles. The number of nitrogens with two attached hydrogens (primary N) is 1. The van der Waals surface area contributed by atoms with Crippen LogP contribution in [0.3, 0.4) is 0 Å². The predicted octanol–water partition coefficient (Wildman–Crippen LogP) is 2.25. The Morgan fingerprint density at radius 3 is 3.00 bits per heavy atom. The molecule has 18 heavy (non-hydrogen) atoms. The second-order valence-corrected chi connectivity index (χ2v) is 3.89. The number of ether oxygens (including phenoxy) is 1. The number of nitrogen functional groups attached to an aromatic ring is 1. The highest BCUT2D eigenvalue weighted by atomic mass is 16.5. The molecule has 0 fully saturated rings. The number of benzene rings is 1. The lowest BCUT2D eigenvalue weighted by molar-refractivity contribution is 0.414. The molecule has 90 valence electrons. The van der Waals surface area contributed by atoms with Crippen molar-refractivity contribution in [1.29, 1.82) is 0 Å². The molecule has 6 heteroatoms. The summed E-state index contributed by atoms with van der Waals surface area (Å²) in [7, 11) is 1.63. The van der Waals surface area contributed by atoms with Crippen LogP contribution in [0.5, 0.6) is 5.75 Å². The summed E-state index contributed by atoms with van der Waals surface area (Å²) < 4.78 is 5.20. The second kappa shape index (κ2) is 4.06. The number of fused-ring (bicyclic) bond motifs is 1. The Bertz CT molecular complexity index is 626. The fourth-order valence-electron chi connectivity index (χ4n) is 1.96. The van der Waals surface area contributed by atoms with Gasteiger partial charge in [-0.3, -0.25) is 0 Å². The standard InChI is InChI=1S/C12H11N5O/c1-18-8-4-2-3-7(5-8)10-9-11(13)14-6-15-12(9)17-16-10/h2-6,10H,1H3,(H2,13,14,15). The van der Waals surface area contributed by atoms with E-state index in [1.165, 1.54) is 6.33 Å². The first-order valence-electron chi connectivity index (χ1n) is 5.45. The van der Waals surface area contributed by atoms with Crippen LogP contribution in [0.2, 0.25) is 0 Å². The molecule has 0 radical (unpaired) electrons. The fourth-order valence-corrected chi connectivity index (χ4v) is 1.96. The Labute approximate surface area is 104 Å². The van der Waals surface area contributed by atoms with Crippen molar-refractivity contribution in [3.05, 3.63) is 41.7 Å². The number of nitrogens with zero attached hydrogens (tertiary/aromatic N) is 4. The van der Waals surface area contributed by atoms with E-state index in [2.05, 4.69) is 20.2 Å². The molecular formula is C12H11N5O. The molecule has 6 nitrogen and oxygen atoms in total. The van der Waals surface area contributed by atoms with Gasteiger partial charge in [-0.1, -0.05) is 12.1 Å². The quantitative estimate of drug-likeness (QED) is 0.873. The van der Waals surface area contributed by atoms with Gasteiger partial charge in [0.1, 0.15) is 23.9 Å². The Hall–Kier alpha value is -2.50. The molecule has 0 spiro atoms. The Kier molecular flexibility index (Phi) is 2.40. The summed E-state index contributed by atoms with van der Waals surface area (Å²) in [4.78, 5) is 8.04. The number of anilines is 1. The van der Waals surface area contributed by atoms with E-state index < -0.39 is 0 Å². The van der Waals surface area contributed by atoms with Crippen molar-refractivity contribution in [1.82, 2.24) is 9.97 Å². The molecule has 1 aliphatic heterocycles. The maximum absolute atomic E-state index is 5.87. The molecule has 3 rings (SSSR count). The van der Waals surface area contributed by atoms with Crippen molar-refractivity contribution < 1.29 is 4.74 Å². The van der Waals surface area contributed by atoms with E-state index >= 15 is 0 Å². The monoisotopic (exact) mass is 241 g/mol. The molecular weight excluding hydrogens is 230 g/mol. The Morgan fingerprint density at radius 2 is 2.17 bits per heavy atom. The van der Waals surface area contributed by atoms with Crippen molar-refractivity contribution in [3.63, 3.8) is 0 Å². The molecule has 1 aromatic heterocycles. The van der Waals surface area contributed by atoms with Crippen LogP contribution in [0, 0.1) is 0 Å². The van der Waals surface area contributed by atoms with Crippen molar-refractivity contribution in [2.45, 2.75) is 6.04 Å². The number of azo groups is 1. The minimum absolute atomic E-state index is 0.253. The van der Waals surface area contributed by atoms with Crippen molar-refractivity contribution in [2.24, 2.45) is 10.2 Å². The van der Waals surface area contributed by atoms with Crippen LogP contribution in [0.15, 0.2) is 40.8 Å². The lowest BCUT2D eigenvalue weighted by atomic mass is 10.0. The average Bonchev–Trinajstić information content (AvgIpc) is 2.84. The third kappa shape index (κ3) is 1.58. The lowest BCUT2D eigenvalue weighted by Gasteiger charge is -2.10. The topological polar surface area (TPSA) is 85.8 Å². The molecule has 0 amide bonds. The van der Waals surface area contributed by atoms with Gasteiger partial charge in [-0.05, 0) is 17.7 Å². The second-order valence-electron chi connectivity index (χ2n) is 3.89. The molecule has 0 saturated carbocycles. The summed E-state index contributed by atoms with van der Waals surface area (Å²) in [6.07, 6.45) is 1.39. The van der Waals surface area contributed by atoms with Gasteiger partial charge in [0.25, 0.3) is 0 Å². The van der Waals surface area contributed by atoms with E-state index in [0.29, 0.717) is 11.6 Å². The van der Waals surface area contributed by atoms with Crippen molar-refractivity contribution in [3.8, 4) is 5.75 Å². The van der Waals surface area contributed by atoms with E-state index in [4.69, 9.17) is 10.5 Å². The highest BCUT2D eigenvalue weighted by Gasteiger charge is 2.26. The van der Waals surface area contributed by atoms with Gasteiger partial charge in [0.2, 0.25) is 0 Å². The Balaban J connectivity index is 2.08. The van der Waals surface area contributed by atoms with Gasteiger partial charge in [-0.15, -0.1) is 5.11 Å². The highest BCUT2D eigenvalue weighted by molar-refractivity contribution is 5.58. The Morgan fingerprint density at radius 1 is 1.28 bits per heavy atom. The molecule has 0 saturated heterocycles. The predicted molar refractivity (Wildman–Crippen MR) is 65.8 cm³/mol. The first kappa shape index (κ1) is 10.6. The van der Waals surface area contributed by atoms with Crippen LogP contribution < -0.4 is 10.5 Å². The van der Waals surface area contributed by atoms with Crippen LogP contribution >= 0.6 is 0 Å². The summed E-state index contributed by atoms with van der Waals surface area (Å²) in [6, 6.07) is 7.39. The molecule has 1 aliphatic rings. The molecule has 1 unspecified atom stereocenters. The number of aromatic nitrogens is 2. The summed E-state index contributed by atoms with van der Waals surface area (Å²) in [5.74, 6) is 1.72. The third-order valence-corrected chi connectivity index (χ3v) is 2.84. The molecule has 1 aromatic carbocycles. The van der Waals surface area contributed by atoms with Gasteiger partial charge in [0.15, 0.2) is 5.82 Å². The average molecular weight is 241 g/mol. The van der Waals surface area contributed by atoms with E-state index in [9.17, 15) is 0 Å². The van der Waals surface area contributed by atoms with Crippen LogP contribution in [-0.4, -0.2) is 17.1 Å². The van der Waals surface area contributed by atoms with Crippen LogP contribution in [0.25, 0.3) is 0 Å². The minimum Gasteiger partial charge on any atom is -0.497 e. The van der Waals surface area contributed by atoms with Crippen LogP contribution in [0.1, 0.15) is 17.2 Å². The number of hydrogen-bond donors (Lipinski definition) is 1. The summed E-state index contributed by atoms with van der Waals surface area (Å²) in [6.45, 7) is 0. The first-order chi connectivity index (χ1) is 8.79. The van der Waals surface area contributed by atoms with Crippen molar-refractivity contribution >= 4 is 11.6 Å². The zero-order valence-corrected chi connectivity index (χ0v) is 9.74. The lowest BCUT2D eigenvalue weighted by Crippen LogP contribution is -2.02. The fraction of sp³-hybridized carbons (Fsp3) is 0.167. The van der Waals surface area contributed by atoms with Gasteiger partial charge in [0, 0.05) is 0 Å². The van der Waals surface area contributed by atoms with Gasteiger partial charge in [-0.25, -0.2) is 9.97 Å². The van der Waals surface area contributed by atoms with E-state index in [1.807, 2.05) is 24.3 Å². The van der Waals surface area contributed by atoms with Gasteiger partial charge >= 0.3 is 0 Å². The third-order valence-electron chi connectivity index (χ3n) is 2.84. The molecule has 1 atom stereocenters. The van der Waals surface area contributed by atoms with Crippen molar-refractivity contribution in [2.75, 3.05) is 12.8 Å². The SMILES string of the molecule is COc1cccc(C2N=Nc3ncnc(N)c32)c1. The number of hydrogen-bond acceptors (Lipinski definition) is 6. The molecule has 2 aromatic rings.